The number of ether oxygens (including phenoxy) is 7. The smallest absolute Gasteiger partial charge is 0.410 e. The van der Waals surface area contributed by atoms with Gasteiger partial charge in [0, 0.05) is 85.1 Å². The monoisotopic (exact) mass is 1740 g/mol. The third-order valence-corrected chi connectivity index (χ3v) is 22.7. The quantitative estimate of drug-likeness (QED) is 0.0171. The molecule has 0 aliphatic carbocycles. The van der Waals surface area contributed by atoms with E-state index in [0.717, 1.165) is 16.0 Å². The van der Waals surface area contributed by atoms with Gasteiger partial charge in [-0.1, -0.05) is 105 Å². The molecule has 2 aliphatic rings. The van der Waals surface area contributed by atoms with Crippen LogP contribution >= 0.6 is 0 Å². The molecule has 4 aromatic rings. The highest BCUT2D eigenvalue weighted by atomic mass is 32.2. The van der Waals surface area contributed by atoms with Crippen LogP contribution in [0.3, 0.4) is 0 Å². The Morgan fingerprint density at radius 3 is 2.02 bits per heavy atom. The molecule has 2 saturated heterocycles. The van der Waals surface area contributed by atoms with Crippen LogP contribution in [0.15, 0.2) is 72.9 Å². The highest BCUT2D eigenvalue weighted by Gasteiger charge is 2.45. The summed E-state index contributed by atoms with van der Waals surface area (Å²) in [6.45, 7) is 18.8. The van der Waals surface area contributed by atoms with Crippen molar-refractivity contribution in [3.8, 4) is 5.75 Å². The maximum Gasteiger partial charge on any atom is 0.410 e. The molecule has 39 heteroatoms. The number of pyridine rings is 1. The molecule has 0 spiro atoms. The van der Waals surface area contributed by atoms with E-state index in [-0.39, 0.29) is 93.5 Å². The van der Waals surface area contributed by atoms with E-state index in [0.29, 0.717) is 43.6 Å². The SMILES string of the molecule is CC[C@H](C)[C@@H]([C@@H](CC(=O)N1CCC[C@H]1[C@H](OC)[C@@H](C)C(=O)N[C@H](C)[C@@H](O)c1ccccc1)OC)N(C)C(=O)[C@@H](NC(=O)[C@H](C(C)C)N(C)C(=O)OCc1ccc(NC(=O)[C@H](C)NC(=O)[C@@H](NC(=O)CCOCCOCCNC(=O)[C@H](CS(=O)(=O)O)NC(=O)CCn2c(CN(C)NC)cc3cccnc32)C(C)C)c(O[C@@H]2OC[C@H](O)[C@H](O)[C@H]2O)c1)C(C)C. The zero-order valence-corrected chi connectivity index (χ0v) is 73.9. The van der Waals surface area contributed by atoms with Crippen molar-refractivity contribution in [3.63, 3.8) is 0 Å². The Labute approximate surface area is 714 Å². The van der Waals surface area contributed by atoms with Gasteiger partial charge in [-0.05, 0) is 98.9 Å². The van der Waals surface area contributed by atoms with Gasteiger partial charge in [-0.2, -0.15) is 8.42 Å². The van der Waals surface area contributed by atoms with Crippen LogP contribution < -0.4 is 47.4 Å². The van der Waals surface area contributed by atoms with Gasteiger partial charge in [0.1, 0.15) is 72.3 Å². The molecule has 0 unspecified atom stereocenters. The van der Waals surface area contributed by atoms with Gasteiger partial charge in [0.2, 0.25) is 59.5 Å². The number of rotatable bonds is 49. The summed E-state index contributed by atoms with van der Waals surface area (Å²) in [5.74, 6) is -9.17. The van der Waals surface area contributed by atoms with Crippen LogP contribution in [0.2, 0.25) is 0 Å². The van der Waals surface area contributed by atoms with Crippen LogP contribution in [0.4, 0.5) is 10.5 Å². The maximum atomic E-state index is 15.0. The van der Waals surface area contributed by atoms with E-state index >= 15 is 0 Å². The molecule has 13 N–H and O–H groups in total. The summed E-state index contributed by atoms with van der Waals surface area (Å²) in [5, 5.41) is 64.1. The van der Waals surface area contributed by atoms with Crippen LogP contribution in [0.25, 0.3) is 11.0 Å². The Bertz CT molecular complexity index is 4200. The van der Waals surface area contributed by atoms with Crippen LogP contribution in [0.1, 0.15) is 138 Å². The number of amides is 10. The van der Waals surface area contributed by atoms with Gasteiger partial charge in [-0.15, -0.1) is 0 Å². The summed E-state index contributed by atoms with van der Waals surface area (Å²) in [5.41, 5.74) is 5.32. The minimum absolute atomic E-state index is 0.00170. The number of carbonyl (C=O) groups is 10. The molecule has 682 valence electrons. The van der Waals surface area contributed by atoms with Gasteiger partial charge >= 0.3 is 6.09 Å². The van der Waals surface area contributed by atoms with Gasteiger partial charge < -0.3 is 105 Å². The van der Waals surface area contributed by atoms with Gasteiger partial charge in [-0.3, -0.25) is 58.0 Å². The largest absolute Gasteiger partial charge is 0.460 e. The van der Waals surface area contributed by atoms with Crippen molar-refractivity contribution in [1.82, 2.24) is 66.6 Å². The van der Waals surface area contributed by atoms with E-state index < -0.39 is 191 Å². The molecule has 6 rings (SSSR count). The van der Waals surface area contributed by atoms with E-state index in [1.54, 1.807) is 111 Å². The molecule has 0 bridgehead atoms. The molecule has 2 aromatic heterocycles. The highest BCUT2D eigenvalue weighted by Crippen LogP contribution is 2.33. The standard InChI is InChI=1S/C83H130N14O24S/c1-18-50(8)70(63(115-16)42-66(101)97-34-23-27-60(97)74(116-17)51(9)76(105)87-52(10)71(102)55-24-20-19-21-25-55)94(14)81(110)68(48(4)5)92-80(109)69(49(6)7)95(15)83(111)120-44-54-28-29-58(62(40-54)121-82-73(104)72(103)61(98)45-119-82)90-77(106)53(11)88-79(108)67(47(2)3)91-65(100)31-36-117-38-39-118-37-33-86-78(107)59(46-122(112,113)114)89-64(99)30-35-96-57(43-93(13)84-12)41-56-26-22-32-85-75(56)96/h19-22,24-26,28-29,32,40-41,47-53,59-61,63,67-74,82,84,98,102-104H,18,23,27,30-31,33-39,42-46H2,1-17H3,(H,86,107)(H,87,105)(H,88,108)(H,89,99)(H,90,106)(H,91,100)(H,92,109)(H,112,113,114)/t50-,51+,52+,53-,59-,60-,61-,63+,67-,68-,69-,70-,71+,72-,73+,74+,82-/m0/s1. The summed E-state index contributed by atoms with van der Waals surface area (Å²) in [6.07, 6.45) is -7.16. The number of methoxy groups -OCH3 is 2. The Balaban J connectivity index is 1.00. The number of carbonyl (C=O) groups excluding carboxylic acids is 10. The van der Waals surface area contributed by atoms with Crippen LogP contribution in [0, 0.1) is 29.6 Å². The first-order valence-corrected chi connectivity index (χ1v) is 43.0. The van der Waals surface area contributed by atoms with Gasteiger partial charge in [-0.25, -0.2) is 14.8 Å². The number of nitrogens with zero attached hydrogens (tertiary/aromatic N) is 6. The number of fused-ring (bicyclic) bond motifs is 1. The van der Waals surface area contributed by atoms with Crippen LogP contribution in [0.5, 0.6) is 5.75 Å². The van der Waals surface area contributed by atoms with Gasteiger partial charge in [0.15, 0.2) is 0 Å². The number of hydrogen-bond acceptors (Lipinski definition) is 26. The number of anilines is 1. The lowest BCUT2D eigenvalue weighted by atomic mass is 9.89. The normalized spacial score (nSPS) is 19.2. The first kappa shape index (κ1) is 102. The van der Waals surface area contributed by atoms with E-state index in [1.807, 2.05) is 48.7 Å². The zero-order chi connectivity index (χ0) is 90.6. The zero-order valence-electron chi connectivity index (χ0n) is 73.1. The number of benzene rings is 2. The Hall–Kier alpha value is -9.10. The summed E-state index contributed by atoms with van der Waals surface area (Å²) < 4.78 is 75.7. The fourth-order valence-electron chi connectivity index (χ4n) is 14.8. The second-order valence-corrected chi connectivity index (χ2v) is 33.7. The Morgan fingerprint density at radius 2 is 1.39 bits per heavy atom. The number of likely N-dealkylation sites (tertiary alicyclic amines) is 1. The molecule has 17 atom stereocenters. The summed E-state index contributed by atoms with van der Waals surface area (Å²) in [6, 6.07) is 10.6. The second-order valence-electron chi connectivity index (χ2n) is 32.2. The number of nitrogens with one attached hydrogen (secondary N) is 8. The number of aryl methyl sites for hydroxylation is 1. The van der Waals surface area contributed by atoms with Crippen molar-refractivity contribution in [1.29, 1.82) is 0 Å². The van der Waals surface area contributed by atoms with Gasteiger partial charge in [0.25, 0.3) is 10.1 Å². The number of likely N-dealkylation sites (N-methyl/N-ethyl adjacent to an activating group) is 2. The third-order valence-electron chi connectivity index (χ3n) is 22.0. The van der Waals surface area contributed by atoms with Crippen molar-refractivity contribution in [2.24, 2.45) is 29.6 Å². The minimum atomic E-state index is -4.72. The van der Waals surface area contributed by atoms with Crippen LogP contribution in [-0.2, 0) is 101 Å². The average molecular weight is 1740 g/mol. The third kappa shape index (κ3) is 29.6. The van der Waals surface area contributed by atoms with E-state index in [4.69, 9.17) is 33.2 Å². The predicted octanol–water partition coefficient (Wildman–Crippen LogP) is 1.90. The summed E-state index contributed by atoms with van der Waals surface area (Å²) >= 11 is 0. The molecule has 2 fully saturated rings. The lowest BCUT2D eigenvalue weighted by Crippen LogP contribution is -2.60. The molecular formula is C83H130N14O24S. The highest BCUT2D eigenvalue weighted by molar-refractivity contribution is 7.85. The van der Waals surface area contributed by atoms with E-state index in [1.165, 1.54) is 51.3 Å². The molecule has 0 radical (unpaired) electrons. The molecular weight excluding hydrogens is 1610 g/mol. The Kier molecular flexibility index (Phi) is 40.7. The van der Waals surface area contributed by atoms with Crippen molar-refractivity contribution in [3.05, 3.63) is 89.7 Å². The minimum Gasteiger partial charge on any atom is -0.460 e. The van der Waals surface area contributed by atoms with Crippen molar-refractivity contribution in [2.45, 2.75) is 226 Å². The van der Waals surface area contributed by atoms with Crippen molar-refractivity contribution in [2.75, 3.05) is 99.6 Å². The first-order valence-electron chi connectivity index (χ1n) is 41.4. The maximum absolute atomic E-state index is 15.0. The fraction of sp³-hybridized carbons (Fsp3) is 0.651. The topological polar surface area (TPSA) is 498 Å². The number of aromatic nitrogens is 2. The number of aliphatic hydroxyl groups excluding tert-OH is 4. The van der Waals surface area contributed by atoms with Crippen molar-refractivity contribution < 1.29 is 115 Å². The fourth-order valence-corrected chi connectivity index (χ4v) is 15.4. The van der Waals surface area contributed by atoms with Crippen molar-refractivity contribution >= 4 is 86.1 Å². The molecule has 122 heavy (non-hydrogen) atoms. The predicted molar refractivity (Wildman–Crippen MR) is 449 cm³/mol. The summed E-state index contributed by atoms with van der Waals surface area (Å²) in [7, 11) is 4.81. The molecule has 0 saturated carbocycles. The van der Waals surface area contributed by atoms with E-state index in [9.17, 15) is 81.3 Å². The van der Waals surface area contributed by atoms with Crippen LogP contribution in [-0.4, -0.2) is 301 Å². The molecule has 38 nitrogen and oxygen atoms in total. The molecule has 10 amide bonds. The average Bonchev–Trinajstić information content (AvgIpc) is 1.56. The summed E-state index contributed by atoms with van der Waals surface area (Å²) in [4.78, 5) is 148. The number of hydrogen-bond donors (Lipinski definition) is 13. The number of hydrazine groups is 1. The lowest BCUT2D eigenvalue weighted by molar-refractivity contribution is -0.241. The molecule has 2 aliphatic heterocycles. The first-order chi connectivity index (χ1) is 57.7. The molecule has 4 heterocycles. The van der Waals surface area contributed by atoms with E-state index in [2.05, 4.69) is 47.6 Å². The van der Waals surface area contributed by atoms with Gasteiger partial charge in [0.05, 0.1) is 94.0 Å². The lowest BCUT2D eigenvalue weighted by Gasteiger charge is -2.41. The number of aliphatic hydroxyl groups is 4. The Morgan fingerprint density at radius 1 is 0.713 bits per heavy atom. The molecule has 2 aromatic carbocycles. The second kappa shape index (κ2) is 48.8.